The van der Waals surface area contributed by atoms with Crippen molar-refractivity contribution < 1.29 is 19.5 Å². The van der Waals surface area contributed by atoms with E-state index in [0.29, 0.717) is 32.2 Å². The van der Waals surface area contributed by atoms with Crippen LogP contribution in [0.15, 0.2) is 0 Å². The van der Waals surface area contributed by atoms with Crippen molar-refractivity contribution in [2.75, 3.05) is 13.6 Å². The Balaban J connectivity index is 2.00. The average molecular weight is 268 g/mol. The molecule has 0 aromatic rings. The molecule has 6 nitrogen and oxygen atoms in total. The van der Waals surface area contributed by atoms with Crippen LogP contribution in [0.4, 0.5) is 0 Å². The Morgan fingerprint density at radius 1 is 1.16 bits per heavy atom. The molecule has 0 aromatic carbocycles. The molecule has 2 N–H and O–H groups in total. The SMILES string of the molecule is CNC(=O)C1CCCN1C(=O)C1CCC(C(=O)O)C1. The third kappa shape index (κ3) is 2.72. The molecule has 1 aliphatic heterocycles. The van der Waals surface area contributed by atoms with Gasteiger partial charge >= 0.3 is 5.97 Å². The van der Waals surface area contributed by atoms with Gasteiger partial charge in [0.2, 0.25) is 11.8 Å². The lowest BCUT2D eigenvalue weighted by atomic mass is 10.0. The molecule has 2 aliphatic rings. The maximum atomic E-state index is 12.4. The number of carboxylic acid groups (broad SMARTS) is 1. The third-order valence-corrected chi connectivity index (χ3v) is 4.22. The fourth-order valence-electron chi connectivity index (χ4n) is 3.13. The van der Waals surface area contributed by atoms with E-state index in [0.717, 1.165) is 6.42 Å². The molecule has 6 heteroatoms. The zero-order valence-electron chi connectivity index (χ0n) is 11.1. The van der Waals surface area contributed by atoms with E-state index in [1.54, 1.807) is 11.9 Å². The molecule has 3 atom stereocenters. The first kappa shape index (κ1) is 13.8. The maximum absolute atomic E-state index is 12.4. The average Bonchev–Trinajstić information content (AvgIpc) is 3.05. The largest absolute Gasteiger partial charge is 0.481 e. The third-order valence-electron chi connectivity index (χ3n) is 4.22. The van der Waals surface area contributed by atoms with Crippen LogP contribution in [0, 0.1) is 11.8 Å². The van der Waals surface area contributed by atoms with Crippen LogP contribution in [0.1, 0.15) is 32.1 Å². The molecule has 1 heterocycles. The van der Waals surface area contributed by atoms with Crippen molar-refractivity contribution in [1.82, 2.24) is 10.2 Å². The van der Waals surface area contributed by atoms with Crippen molar-refractivity contribution in [3.05, 3.63) is 0 Å². The number of likely N-dealkylation sites (tertiary alicyclic amines) is 1. The van der Waals surface area contributed by atoms with E-state index in [1.807, 2.05) is 0 Å². The molecule has 0 radical (unpaired) electrons. The van der Waals surface area contributed by atoms with Crippen LogP contribution in [-0.2, 0) is 14.4 Å². The number of carbonyl (C=O) groups excluding carboxylic acids is 2. The molecule has 0 bridgehead atoms. The van der Waals surface area contributed by atoms with Crippen LogP contribution in [-0.4, -0.2) is 47.4 Å². The van der Waals surface area contributed by atoms with E-state index < -0.39 is 11.9 Å². The summed E-state index contributed by atoms with van der Waals surface area (Å²) in [5, 5.41) is 11.5. The molecule has 19 heavy (non-hydrogen) atoms. The van der Waals surface area contributed by atoms with Gasteiger partial charge in [-0.15, -0.1) is 0 Å². The minimum absolute atomic E-state index is 0.0464. The molecular weight excluding hydrogens is 248 g/mol. The summed E-state index contributed by atoms with van der Waals surface area (Å²) >= 11 is 0. The number of nitrogens with one attached hydrogen (secondary N) is 1. The Bertz CT molecular complexity index is 396. The quantitative estimate of drug-likeness (QED) is 0.767. The molecule has 3 unspecified atom stereocenters. The van der Waals surface area contributed by atoms with Gasteiger partial charge in [-0.3, -0.25) is 14.4 Å². The lowest BCUT2D eigenvalue weighted by molar-refractivity contribution is -0.143. The van der Waals surface area contributed by atoms with Crippen LogP contribution in [0.5, 0.6) is 0 Å². The standard InChI is InChI=1S/C13H20N2O4/c1-14-11(16)10-3-2-6-15(10)12(17)8-4-5-9(7-8)13(18)19/h8-10H,2-7H2,1H3,(H,14,16)(H,18,19). The summed E-state index contributed by atoms with van der Waals surface area (Å²) in [4.78, 5) is 36.7. The van der Waals surface area contributed by atoms with Crippen molar-refractivity contribution in [3.8, 4) is 0 Å². The summed E-state index contributed by atoms with van der Waals surface area (Å²) in [6, 6.07) is -0.374. The second kappa shape index (κ2) is 5.59. The number of carboxylic acids is 1. The summed E-state index contributed by atoms with van der Waals surface area (Å²) in [5.41, 5.74) is 0. The van der Waals surface area contributed by atoms with Crippen LogP contribution < -0.4 is 5.32 Å². The minimum Gasteiger partial charge on any atom is -0.481 e. The first-order valence-corrected chi connectivity index (χ1v) is 6.79. The van der Waals surface area contributed by atoms with E-state index in [9.17, 15) is 14.4 Å². The molecule has 0 spiro atoms. The van der Waals surface area contributed by atoms with Crippen LogP contribution >= 0.6 is 0 Å². The van der Waals surface area contributed by atoms with Gasteiger partial charge in [0.15, 0.2) is 0 Å². The van der Waals surface area contributed by atoms with E-state index in [4.69, 9.17) is 5.11 Å². The van der Waals surface area contributed by atoms with Gasteiger partial charge in [-0.05, 0) is 32.1 Å². The molecule has 106 valence electrons. The molecule has 1 saturated carbocycles. The molecule has 1 saturated heterocycles. The highest BCUT2D eigenvalue weighted by Gasteiger charge is 2.40. The summed E-state index contributed by atoms with van der Waals surface area (Å²) in [6.45, 7) is 0.602. The second-order valence-corrected chi connectivity index (χ2v) is 5.35. The predicted octanol–water partition coefficient (Wildman–Crippen LogP) is 0.224. The Morgan fingerprint density at radius 3 is 2.42 bits per heavy atom. The van der Waals surface area contributed by atoms with Gasteiger partial charge in [0.1, 0.15) is 6.04 Å². The molecule has 0 aromatic heterocycles. The van der Waals surface area contributed by atoms with Crippen molar-refractivity contribution >= 4 is 17.8 Å². The Kier molecular flexibility index (Phi) is 4.07. The minimum atomic E-state index is -0.820. The maximum Gasteiger partial charge on any atom is 0.306 e. The fourth-order valence-corrected chi connectivity index (χ4v) is 3.13. The summed E-state index contributed by atoms with van der Waals surface area (Å²) < 4.78 is 0. The lowest BCUT2D eigenvalue weighted by Crippen LogP contribution is -2.46. The number of amides is 2. The van der Waals surface area contributed by atoms with Gasteiger partial charge < -0.3 is 15.3 Å². The Hall–Kier alpha value is -1.59. The highest BCUT2D eigenvalue weighted by molar-refractivity contribution is 5.89. The van der Waals surface area contributed by atoms with Gasteiger partial charge in [0.25, 0.3) is 0 Å². The van der Waals surface area contributed by atoms with Crippen LogP contribution in [0.3, 0.4) is 0 Å². The smallest absolute Gasteiger partial charge is 0.306 e. The van der Waals surface area contributed by atoms with Gasteiger partial charge in [-0.25, -0.2) is 0 Å². The van der Waals surface area contributed by atoms with Crippen molar-refractivity contribution in [2.45, 2.75) is 38.1 Å². The topological polar surface area (TPSA) is 86.7 Å². The van der Waals surface area contributed by atoms with Crippen LogP contribution in [0.2, 0.25) is 0 Å². The number of aliphatic carboxylic acids is 1. The molecule has 1 aliphatic carbocycles. The lowest BCUT2D eigenvalue weighted by Gasteiger charge is -2.26. The molecular formula is C13H20N2O4. The Morgan fingerprint density at radius 2 is 1.84 bits per heavy atom. The molecule has 2 rings (SSSR count). The number of hydrogen-bond acceptors (Lipinski definition) is 3. The predicted molar refractivity (Wildman–Crippen MR) is 67.3 cm³/mol. The van der Waals surface area contributed by atoms with E-state index in [1.165, 1.54) is 0 Å². The zero-order valence-corrected chi connectivity index (χ0v) is 11.1. The number of likely N-dealkylation sites (N-methyl/N-ethyl adjacent to an activating group) is 1. The number of nitrogens with zero attached hydrogens (tertiary/aromatic N) is 1. The normalized spacial score (nSPS) is 30.4. The molecule has 2 fully saturated rings. The number of rotatable bonds is 3. The summed E-state index contributed by atoms with van der Waals surface area (Å²) in [6.07, 6.45) is 3.11. The molecule has 2 amide bonds. The van der Waals surface area contributed by atoms with Crippen molar-refractivity contribution in [2.24, 2.45) is 11.8 Å². The van der Waals surface area contributed by atoms with Crippen molar-refractivity contribution in [3.63, 3.8) is 0 Å². The van der Waals surface area contributed by atoms with Gasteiger partial charge in [-0.2, -0.15) is 0 Å². The first-order chi connectivity index (χ1) is 9.04. The van der Waals surface area contributed by atoms with Crippen LogP contribution in [0.25, 0.3) is 0 Å². The Labute approximate surface area is 112 Å². The highest BCUT2D eigenvalue weighted by Crippen LogP contribution is 2.34. The van der Waals surface area contributed by atoms with Gasteiger partial charge in [0.05, 0.1) is 5.92 Å². The summed E-state index contributed by atoms with van der Waals surface area (Å²) in [5.74, 6) is -1.63. The second-order valence-electron chi connectivity index (χ2n) is 5.35. The zero-order chi connectivity index (χ0) is 14.0. The van der Waals surface area contributed by atoms with Crippen molar-refractivity contribution in [1.29, 1.82) is 0 Å². The highest BCUT2D eigenvalue weighted by atomic mass is 16.4. The van der Waals surface area contributed by atoms with E-state index in [-0.39, 0.29) is 23.8 Å². The van der Waals surface area contributed by atoms with Gasteiger partial charge in [-0.1, -0.05) is 0 Å². The summed E-state index contributed by atoms with van der Waals surface area (Å²) in [7, 11) is 1.57. The number of carbonyl (C=O) groups is 3. The number of hydrogen-bond donors (Lipinski definition) is 2. The van der Waals surface area contributed by atoms with E-state index >= 15 is 0 Å². The fraction of sp³-hybridized carbons (Fsp3) is 0.769. The van der Waals surface area contributed by atoms with Gasteiger partial charge in [0, 0.05) is 19.5 Å². The monoisotopic (exact) mass is 268 g/mol. The first-order valence-electron chi connectivity index (χ1n) is 6.79. The van der Waals surface area contributed by atoms with E-state index in [2.05, 4.69) is 5.32 Å².